The molecule has 2 aliphatic carbocycles. The molecular formula is C24H33N9O3. The van der Waals surface area contributed by atoms with E-state index in [0.29, 0.717) is 30.4 Å². The molecule has 0 spiro atoms. The van der Waals surface area contributed by atoms with Gasteiger partial charge < -0.3 is 14.4 Å². The highest BCUT2D eigenvalue weighted by molar-refractivity contribution is 5.73. The molecule has 12 nitrogen and oxygen atoms in total. The molecule has 5 rings (SSSR count). The molecule has 2 fully saturated rings. The monoisotopic (exact) mass is 495 g/mol. The standard InChI is InChI=1S/C24H33N9O3/c1-4-33(14-16-7-5-8-16)24(34)36-23-21(26-31-32(23)3)19-11-12-20(15(2)25-19)35-18-10-6-9-17(13-18)22-27-29-30-28-22/h11-12,16-18H,4-10,13-14H2,1-3H3,(H,27,28,29,30)/t17-,18-/m0/s1. The zero-order valence-electron chi connectivity index (χ0n) is 21.1. The van der Waals surface area contributed by atoms with Gasteiger partial charge in [-0.2, -0.15) is 5.21 Å². The summed E-state index contributed by atoms with van der Waals surface area (Å²) in [5.41, 5.74) is 1.73. The van der Waals surface area contributed by atoms with Gasteiger partial charge in [-0.05, 0) is 70.4 Å². The molecule has 192 valence electrons. The highest BCUT2D eigenvalue weighted by Gasteiger charge is 2.29. The first-order valence-corrected chi connectivity index (χ1v) is 12.8. The zero-order chi connectivity index (χ0) is 25.1. The van der Waals surface area contributed by atoms with Crippen molar-refractivity contribution in [1.82, 2.24) is 45.5 Å². The average molecular weight is 496 g/mol. The first-order chi connectivity index (χ1) is 17.5. The Bertz CT molecular complexity index is 1180. The molecule has 0 aromatic carbocycles. The van der Waals surface area contributed by atoms with Gasteiger partial charge >= 0.3 is 6.09 Å². The first kappa shape index (κ1) is 24.1. The van der Waals surface area contributed by atoms with Crippen molar-refractivity contribution in [3.8, 4) is 23.0 Å². The molecule has 0 saturated heterocycles. The third kappa shape index (κ3) is 5.17. The van der Waals surface area contributed by atoms with Crippen LogP contribution in [0.3, 0.4) is 0 Å². The molecule has 0 bridgehead atoms. The number of nitrogens with zero attached hydrogens (tertiary/aromatic N) is 8. The minimum absolute atomic E-state index is 0.0531. The number of pyridine rings is 1. The Morgan fingerprint density at radius 3 is 2.72 bits per heavy atom. The van der Waals surface area contributed by atoms with Crippen molar-refractivity contribution < 1.29 is 14.3 Å². The minimum atomic E-state index is -0.388. The van der Waals surface area contributed by atoms with Gasteiger partial charge in [0.2, 0.25) is 0 Å². The fourth-order valence-corrected chi connectivity index (χ4v) is 4.90. The predicted molar refractivity (Wildman–Crippen MR) is 129 cm³/mol. The molecule has 1 N–H and O–H groups in total. The van der Waals surface area contributed by atoms with Gasteiger partial charge in [-0.25, -0.2) is 14.5 Å². The quantitative estimate of drug-likeness (QED) is 0.498. The lowest BCUT2D eigenvalue weighted by Gasteiger charge is -2.31. The number of H-pyrrole nitrogens is 1. The van der Waals surface area contributed by atoms with E-state index in [0.717, 1.165) is 43.0 Å². The number of hydrogen-bond acceptors (Lipinski definition) is 9. The Labute approximate surface area is 209 Å². The fraction of sp³-hybridized carbons (Fsp3) is 0.625. The van der Waals surface area contributed by atoms with Crippen LogP contribution in [-0.2, 0) is 7.05 Å². The molecule has 3 aromatic rings. The third-order valence-electron chi connectivity index (χ3n) is 7.23. The van der Waals surface area contributed by atoms with Gasteiger partial charge in [0.25, 0.3) is 5.88 Å². The maximum Gasteiger partial charge on any atom is 0.416 e. The second-order valence-corrected chi connectivity index (χ2v) is 9.72. The molecule has 3 heterocycles. The number of aryl methyl sites for hydroxylation is 2. The summed E-state index contributed by atoms with van der Waals surface area (Å²) in [4.78, 5) is 19.3. The van der Waals surface area contributed by atoms with Crippen LogP contribution in [0.25, 0.3) is 11.4 Å². The van der Waals surface area contributed by atoms with Gasteiger partial charge in [0.05, 0.1) is 17.5 Å². The summed E-state index contributed by atoms with van der Waals surface area (Å²) in [6, 6.07) is 3.72. The summed E-state index contributed by atoms with van der Waals surface area (Å²) in [7, 11) is 1.70. The Balaban J connectivity index is 1.27. The number of hydrogen-bond donors (Lipinski definition) is 1. The number of ether oxygens (including phenoxy) is 2. The number of nitrogens with one attached hydrogen (secondary N) is 1. The number of carbonyl (C=O) groups excluding carboxylic acids is 1. The lowest BCUT2D eigenvalue weighted by atomic mass is 9.85. The summed E-state index contributed by atoms with van der Waals surface area (Å²) < 4.78 is 13.6. The zero-order valence-corrected chi connectivity index (χ0v) is 21.1. The average Bonchev–Trinajstić information content (AvgIpc) is 3.51. The summed E-state index contributed by atoms with van der Waals surface area (Å²) >= 11 is 0. The molecule has 0 unspecified atom stereocenters. The summed E-state index contributed by atoms with van der Waals surface area (Å²) in [6.07, 6.45) is 7.10. The van der Waals surface area contributed by atoms with E-state index in [2.05, 4.69) is 30.9 Å². The highest BCUT2D eigenvalue weighted by atomic mass is 16.6. The smallest absolute Gasteiger partial charge is 0.416 e. The SMILES string of the molecule is CCN(CC1CCC1)C(=O)Oc1c(-c2ccc(O[C@H]3CCC[C@H](c4nn[nH]n4)C3)c(C)n2)nnn1C. The van der Waals surface area contributed by atoms with Crippen LogP contribution in [0.15, 0.2) is 12.1 Å². The number of aromatic nitrogens is 8. The Morgan fingerprint density at radius 2 is 2.03 bits per heavy atom. The summed E-state index contributed by atoms with van der Waals surface area (Å²) in [5.74, 6) is 2.54. The van der Waals surface area contributed by atoms with E-state index in [1.54, 1.807) is 11.9 Å². The number of carbonyl (C=O) groups is 1. The molecule has 3 aromatic heterocycles. The Hall–Kier alpha value is -3.57. The number of tetrazole rings is 1. The molecule has 2 atom stereocenters. The summed E-state index contributed by atoms with van der Waals surface area (Å²) in [5, 5.41) is 22.8. The van der Waals surface area contributed by atoms with E-state index < -0.39 is 0 Å². The van der Waals surface area contributed by atoms with E-state index in [1.807, 2.05) is 26.0 Å². The van der Waals surface area contributed by atoms with Crippen LogP contribution < -0.4 is 9.47 Å². The minimum Gasteiger partial charge on any atom is -0.489 e. The van der Waals surface area contributed by atoms with E-state index >= 15 is 0 Å². The van der Waals surface area contributed by atoms with E-state index in [9.17, 15) is 4.79 Å². The van der Waals surface area contributed by atoms with Crippen LogP contribution in [0.1, 0.15) is 69.3 Å². The maximum atomic E-state index is 12.9. The second-order valence-electron chi connectivity index (χ2n) is 9.72. The molecule has 0 aliphatic heterocycles. The Kier molecular flexibility index (Phi) is 7.10. The van der Waals surface area contributed by atoms with Crippen molar-refractivity contribution in [3.63, 3.8) is 0 Å². The normalized spacial score (nSPS) is 20.1. The molecular weight excluding hydrogens is 462 g/mol. The fourth-order valence-electron chi connectivity index (χ4n) is 4.90. The second kappa shape index (κ2) is 10.6. The van der Waals surface area contributed by atoms with Gasteiger partial charge in [-0.15, -0.1) is 15.3 Å². The molecule has 2 saturated carbocycles. The molecule has 0 radical (unpaired) electrons. The van der Waals surface area contributed by atoms with Crippen LogP contribution in [-0.4, -0.2) is 70.8 Å². The van der Waals surface area contributed by atoms with Gasteiger partial charge in [0.1, 0.15) is 5.75 Å². The number of amides is 1. The van der Waals surface area contributed by atoms with Crippen LogP contribution in [0.5, 0.6) is 11.6 Å². The van der Waals surface area contributed by atoms with Crippen LogP contribution in [0.4, 0.5) is 4.79 Å². The molecule has 2 aliphatic rings. The van der Waals surface area contributed by atoms with Crippen molar-refractivity contribution in [1.29, 1.82) is 0 Å². The van der Waals surface area contributed by atoms with Gasteiger partial charge in [0, 0.05) is 26.1 Å². The van der Waals surface area contributed by atoms with Crippen molar-refractivity contribution in [2.45, 2.75) is 70.8 Å². The van der Waals surface area contributed by atoms with Crippen molar-refractivity contribution in [2.24, 2.45) is 13.0 Å². The molecule has 1 amide bonds. The largest absolute Gasteiger partial charge is 0.489 e. The van der Waals surface area contributed by atoms with E-state index in [1.165, 1.54) is 23.9 Å². The van der Waals surface area contributed by atoms with Gasteiger partial charge in [-0.3, -0.25) is 0 Å². The van der Waals surface area contributed by atoms with E-state index in [-0.39, 0.29) is 24.0 Å². The predicted octanol–water partition coefficient (Wildman–Crippen LogP) is 3.42. The van der Waals surface area contributed by atoms with Gasteiger partial charge in [0.15, 0.2) is 11.5 Å². The van der Waals surface area contributed by atoms with Crippen LogP contribution in [0, 0.1) is 12.8 Å². The van der Waals surface area contributed by atoms with Crippen LogP contribution in [0.2, 0.25) is 0 Å². The molecule has 12 heteroatoms. The van der Waals surface area contributed by atoms with Crippen molar-refractivity contribution >= 4 is 6.09 Å². The van der Waals surface area contributed by atoms with Crippen LogP contribution >= 0.6 is 0 Å². The third-order valence-corrected chi connectivity index (χ3v) is 7.23. The summed E-state index contributed by atoms with van der Waals surface area (Å²) in [6.45, 7) is 5.17. The van der Waals surface area contributed by atoms with E-state index in [4.69, 9.17) is 14.5 Å². The van der Waals surface area contributed by atoms with Crippen molar-refractivity contribution in [3.05, 3.63) is 23.7 Å². The number of rotatable bonds is 8. The first-order valence-electron chi connectivity index (χ1n) is 12.8. The highest BCUT2D eigenvalue weighted by Crippen LogP contribution is 2.35. The lowest BCUT2D eigenvalue weighted by molar-refractivity contribution is 0.130. The molecule has 36 heavy (non-hydrogen) atoms. The Morgan fingerprint density at radius 1 is 1.19 bits per heavy atom. The topological polar surface area (TPSA) is 137 Å². The maximum absolute atomic E-state index is 12.9. The van der Waals surface area contributed by atoms with Crippen molar-refractivity contribution in [2.75, 3.05) is 13.1 Å². The van der Waals surface area contributed by atoms with Gasteiger partial charge in [-0.1, -0.05) is 16.8 Å². The number of aromatic amines is 1. The lowest BCUT2D eigenvalue weighted by Crippen LogP contribution is -2.39.